The SMILES string of the molecule is Nc1cccc(F)c1F.O=N[O-].[Na+]. The van der Waals surface area contributed by atoms with Crippen molar-refractivity contribution in [3.8, 4) is 0 Å². The zero-order chi connectivity index (χ0) is 9.56. The quantitative estimate of drug-likeness (QED) is 0.246. The molecule has 0 aliphatic carbocycles. The standard InChI is InChI=1S/C6H5F2N.HNO2.Na/c7-4-2-1-3-5(9)6(4)8;2-1-3;/h1-3H,9H2;(H,2,3);/q;;+1/p-1. The molecule has 0 unspecified atom stereocenters. The molecule has 0 aliphatic heterocycles. The van der Waals surface area contributed by atoms with Crippen molar-refractivity contribution < 1.29 is 38.3 Å². The van der Waals surface area contributed by atoms with Gasteiger partial charge in [-0.1, -0.05) is 6.07 Å². The summed E-state index contributed by atoms with van der Waals surface area (Å²) in [5.41, 5.74) is 4.85. The maximum Gasteiger partial charge on any atom is 1.00 e. The van der Waals surface area contributed by atoms with Crippen LogP contribution >= 0.6 is 0 Å². The van der Waals surface area contributed by atoms with Gasteiger partial charge in [0.05, 0.1) is 5.69 Å². The van der Waals surface area contributed by atoms with Gasteiger partial charge in [-0.15, -0.1) is 5.34 Å². The molecule has 13 heavy (non-hydrogen) atoms. The van der Waals surface area contributed by atoms with Crippen LogP contribution in [0.15, 0.2) is 23.5 Å². The largest absolute Gasteiger partial charge is 1.00 e. The first kappa shape index (κ1) is 14.8. The monoisotopic (exact) mass is 198 g/mol. The molecule has 1 rings (SSSR count). The van der Waals surface area contributed by atoms with Crippen LogP contribution in [0.4, 0.5) is 14.5 Å². The van der Waals surface area contributed by atoms with Crippen molar-refractivity contribution in [1.29, 1.82) is 0 Å². The Morgan fingerprint density at radius 1 is 1.38 bits per heavy atom. The number of hydrogen-bond acceptors (Lipinski definition) is 4. The zero-order valence-electron chi connectivity index (χ0n) is 6.83. The summed E-state index contributed by atoms with van der Waals surface area (Å²) in [4.78, 5) is 8.00. The van der Waals surface area contributed by atoms with Crippen LogP contribution in [0.2, 0.25) is 0 Å². The third-order valence-corrected chi connectivity index (χ3v) is 0.981. The van der Waals surface area contributed by atoms with Gasteiger partial charge in [0.1, 0.15) is 0 Å². The maximum atomic E-state index is 12.2. The molecule has 0 spiro atoms. The summed E-state index contributed by atoms with van der Waals surface area (Å²) in [6, 6.07) is 3.68. The topological polar surface area (TPSA) is 78.5 Å². The van der Waals surface area contributed by atoms with E-state index in [9.17, 15) is 8.78 Å². The van der Waals surface area contributed by atoms with E-state index in [1.807, 2.05) is 0 Å². The molecule has 0 saturated carbocycles. The minimum absolute atomic E-state index is 0. The Kier molecular flexibility index (Phi) is 8.99. The number of rotatable bonds is 0. The first-order chi connectivity index (χ1) is 5.63. The summed E-state index contributed by atoms with van der Waals surface area (Å²) in [6.45, 7) is 0. The Hall–Kier alpha value is -0.720. The molecule has 66 valence electrons. The van der Waals surface area contributed by atoms with Gasteiger partial charge in [-0.2, -0.15) is 0 Å². The predicted octanol–water partition coefficient (Wildman–Crippen LogP) is -1.20. The molecule has 0 aromatic heterocycles. The van der Waals surface area contributed by atoms with Gasteiger partial charge in [0.15, 0.2) is 11.6 Å². The minimum atomic E-state index is -0.975. The Morgan fingerprint density at radius 2 is 1.85 bits per heavy atom. The van der Waals surface area contributed by atoms with Gasteiger partial charge < -0.3 is 15.8 Å². The summed E-state index contributed by atoms with van der Waals surface area (Å²) in [6.07, 6.45) is 0. The molecule has 0 saturated heterocycles. The van der Waals surface area contributed by atoms with Crippen LogP contribution in [0.5, 0.6) is 0 Å². The normalized spacial score (nSPS) is 7.54. The van der Waals surface area contributed by atoms with Crippen molar-refractivity contribution in [2.45, 2.75) is 0 Å². The van der Waals surface area contributed by atoms with Crippen molar-refractivity contribution in [3.63, 3.8) is 0 Å². The number of nitrogen functional groups attached to an aromatic ring is 1. The van der Waals surface area contributed by atoms with E-state index in [-0.39, 0.29) is 35.2 Å². The molecular weight excluding hydrogens is 193 g/mol. The number of anilines is 1. The third kappa shape index (κ3) is 5.51. The van der Waals surface area contributed by atoms with Crippen molar-refractivity contribution in [2.24, 2.45) is 5.34 Å². The molecular formula is C6H5F2N2NaO2. The van der Waals surface area contributed by atoms with E-state index in [1.165, 1.54) is 12.1 Å². The first-order valence-corrected chi connectivity index (χ1v) is 2.78. The molecule has 0 bridgehead atoms. The third-order valence-electron chi connectivity index (χ3n) is 0.981. The summed E-state index contributed by atoms with van der Waals surface area (Å²) in [5, 5.41) is 9.00. The fraction of sp³-hybridized carbons (Fsp3) is 0. The summed E-state index contributed by atoms with van der Waals surface area (Å²) in [5.74, 6) is -1.88. The Morgan fingerprint density at radius 3 is 2.15 bits per heavy atom. The molecule has 7 heteroatoms. The second-order valence-corrected chi connectivity index (χ2v) is 1.72. The average molecular weight is 198 g/mol. The van der Waals surface area contributed by atoms with Gasteiger partial charge in [-0.05, 0) is 12.1 Å². The van der Waals surface area contributed by atoms with Gasteiger partial charge in [0.2, 0.25) is 0 Å². The van der Waals surface area contributed by atoms with Crippen molar-refractivity contribution in [3.05, 3.63) is 39.9 Å². The van der Waals surface area contributed by atoms with Crippen molar-refractivity contribution in [2.75, 3.05) is 5.73 Å². The molecule has 1 aromatic carbocycles. The van der Waals surface area contributed by atoms with Crippen LogP contribution in [-0.2, 0) is 0 Å². The Labute approximate surface area is 95.0 Å². The second-order valence-electron chi connectivity index (χ2n) is 1.72. The van der Waals surface area contributed by atoms with Crippen molar-refractivity contribution >= 4 is 5.69 Å². The molecule has 1 aromatic rings. The molecule has 0 fully saturated rings. The van der Waals surface area contributed by atoms with Crippen molar-refractivity contribution in [1.82, 2.24) is 0 Å². The molecule has 0 amide bonds. The van der Waals surface area contributed by atoms with E-state index in [0.717, 1.165) is 11.4 Å². The second kappa shape index (κ2) is 7.90. The Balaban J connectivity index is 0. The number of hydrogen-bond donors (Lipinski definition) is 1. The number of nitrogens with two attached hydrogens (primary N) is 1. The maximum absolute atomic E-state index is 12.2. The van der Waals surface area contributed by atoms with E-state index in [0.29, 0.717) is 0 Å². The Bertz CT molecular complexity index is 253. The predicted molar refractivity (Wildman–Crippen MR) is 39.9 cm³/mol. The molecule has 2 N–H and O–H groups in total. The number of nitrogens with zero attached hydrogens (tertiary/aromatic N) is 1. The molecule has 4 nitrogen and oxygen atoms in total. The van der Waals surface area contributed by atoms with Crippen LogP contribution in [0, 0.1) is 21.7 Å². The van der Waals surface area contributed by atoms with Gasteiger partial charge >= 0.3 is 29.6 Å². The molecule has 0 atom stereocenters. The molecule has 0 heterocycles. The van der Waals surface area contributed by atoms with Gasteiger partial charge in [-0.25, -0.2) is 8.78 Å². The molecule has 0 radical (unpaired) electrons. The first-order valence-electron chi connectivity index (χ1n) is 2.78. The average Bonchev–Trinajstić information content (AvgIpc) is 2.02. The van der Waals surface area contributed by atoms with Crippen LogP contribution < -0.4 is 35.3 Å². The van der Waals surface area contributed by atoms with E-state index in [4.69, 9.17) is 15.8 Å². The number of benzene rings is 1. The van der Waals surface area contributed by atoms with Crippen LogP contribution in [-0.4, -0.2) is 0 Å². The van der Waals surface area contributed by atoms with Crippen LogP contribution in [0.3, 0.4) is 0 Å². The minimum Gasteiger partial charge on any atom is -0.444 e. The fourth-order valence-corrected chi connectivity index (χ4v) is 0.520. The van der Waals surface area contributed by atoms with E-state index in [1.54, 1.807) is 0 Å². The zero-order valence-corrected chi connectivity index (χ0v) is 8.83. The van der Waals surface area contributed by atoms with Crippen LogP contribution in [0.25, 0.3) is 0 Å². The summed E-state index contributed by atoms with van der Waals surface area (Å²) < 4.78 is 24.4. The smallest absolute Gasteiger partial charge is 0.444 e. The van der Waals surface area contributed by atoms with E-state index < -0.39 is 11.6 Å². The molecule has 0 aliphatic rings. The van der Waals surface area contributed by atoms with Gasteiger partial charge in [0.25, 0.3) is 0 Å². The number of halogens is 2. The fourth-order valence-electron chi connectivity index (χ4n) is 0.520. The van der Waals surface area contributed by atoms with E-state index in [2.05, 4.69) is 0 Å². The van der Waals surface area contributed by atoms with Gasteiger partial charge in [0, 0.05) is 0 Å². The van der Waals surface area contributed by atoms with Gasteiger partial charge in [-0.3, -0.25) is 0 Å². The van der Waals surface area contributed by atoms with Crippen LogP contribution in [0.1, 0.15) is 0 Å². The summed E-state index contributed by atoms with van der Waals surface area (Å²) in [7, 11) is 0. The van der Waals surface area contributed by atoms with E-state index >= 15 is 0 Å². The summed E-state index contributed by atoms with van der Waals surface area (Å²) >= 11 is 0.